The summed E-state index contributed by atoms with van der Waals surface area (Å²) < 4.78 is 47.7. The molecule has 1 fully saturated rings. The Labute approximate surface area is 213 Å². The highest BCUT2D eigenvalue weighted by Crippen LogP contribution is 2.44. The van der Waals surface area contributed by atoms with E-state index in [9.17, 15) is 18.3 Å². The van der Waals surface area contributed by atoms with Crippen LogP contribution < -0.4 is 4.74 Å². The summed E-state index contributed by atoms with van der Waals surface area (Å²) >= 11 is 1.38. The molecule has 0 saturated carbocycles. The summed E-state index contributed by atoms with van der Waals surface area (Å²) in [6.45, 7) is 3.42. The summed E-state index contributed by atoms with van der Waals surface area (Å²) in [6, 6.07) is 7.70. The number of thiazole rings is 1. The van der Waals surface area contributed by atoms with Gasteiger partial charge in [-0.3, -0.25) is 14.2 Å². The molecule has 0 radical (unpaired) electrons. The van der Waals surface area contributed by atoms with Crippen LogP contribution in [0.3, 0.4) is 0 Å². The molecule has 196 valence electrons. The molecule has 0 unspecified atom stereocenters. The Kier molecular flexibility index (Phi) is 7.31. The molecule has 4 atom stereocenters. The van der Waals surface area contributed by atoms with E-state index in [0.717, 1.165) is 40.0 Å². The van der Waals surface area contributed by atoms with Crippen molar-refractivity contribution in [1.82, 2.24) is 19.8 Å². The Balaban J connectivity index is 1.44. The molecule has 0 aliphatic carbocycles. The van der Waals surface area contributed by atoms with Crippen molar-refractivity contribution in [3.05, 3.63) is 46.6 Å². The Morgan fingerprint density at radius 2 is 2.06 bits per heavy atom. The van der Waals surface area contributed by atoms with Gasteiger partial charge in [-0.05, 0) is 38.3 Å². The predicted molar refractivity (Wildman–Crippen MR) is 135 cm³/mol. The molecule has 0 bridgehead atoms. The monoisotopic (exact) mass is 522 g/mol. The number of benzene rings is 1. The number of alkyl halides is 3. The fraction of sp³-hybridized carbons (Fsp3) is 0.577. The molecule has 36 heavy (non-hydrogen) atoms. The van der Waals surface area contributed by atoms with Crippen molar-refractivity contribution in [1.29, 1.82) is 0 Å². The summed E-state index contributed by atoms with van der Waals surface area (Å²) in [5.74, 6) is -3.22. The first kappa shape index (κ1) is 25.5. The lowest BCUT2D eigenvalue weighted by Gasteiger charge is -2.41. The summed E-state index contributed by atoms with van der Waals surface area (Å²) in [5, 5.41) is 10.9. The quantitative estimate of drug-likeness (QED) is 0.423. The maximum absolute atomic E-state index is 14.5. The van der Waals surface area contributed by atoms with Gasteiger partial charge in [-0.25, -0.2) is 13.8 Å². The summed E-state index contributed by atoms with van der Waals surface area (Å²) in [5.41, 5.74) is 3.01. The van der Waals surface area contributed by atoms with E-state index in [4.69, 9.17) is 4.74 Å². The van der Waals surface area contributed by atoms with E-state index in [1.807, 2.05) is 25.1 Å². The molecule has 2 N–H and O–H groups in total. The van der Waals surface area contributed by atoms with Gasteiger partial charge in [0.15, 0.2) is 0 Å². The van der Waals surface area contributed by atoms with E-state index in [2.05, 4.69) is 27.9 Å². The zero-order chi connectivity index (χ0) is 25.4. The van der Waals surface area contributed by atoms with Crippen LogP contribution in [0.15, 0.2) is 30.5 Å². The predicted octanol–water partition coefficient (Wildman–Crippen LogP) is 4.79. The Morgan fingerprint density at radius 3 is 2.83 bits per heavy atom. The highest BCUT2D eigenvalue weighted by Gasteiger charge is 2.42. The second-order valence-corrected chi connectivity index (χ2v) is 11.1. The molecule has 1 aromatic carbocycles. The lowest BCUT2D eigenvalue weighted by Crippen LogP contribution is -2.49. The number of hydrogen-bond donors (Lipinski definition) is 2. The van der Waals surface area contributed by atoms with Crippen molar-refractivity contribution in [2.75, 3.05) is 32.9 Å². The number of aromatic nitrogens is 2. The highest BCUT2D eigenvalue weighted by atomic mass is 32.1. The largest absolute Gasteiger partial charge is 0.465 e. The number of H-pyrrole nitrogens is 1. The number of halogens is 3. The number of rotatable bonds is 9. The molecule has 1 saturated heterocycles. The molecule has 6 nitrogen and oxygen atoms in total. The van der Waals surface area contributed by atoms with Gasteiger partial charge in [-0.15, -0.1) is 0 Å². The maximum Gasteiger partial charge on any atom is 0.283 e. The Hall–Kier alpha value is -2.14. The molecule has 10 heteroatoms. The molecule has 3 aromatic rings. The van der Waals surface area contributed by atoms with Gasteiger partial charge in [-0.2, -0.15) is 0 Å². The van der Waals surface area contributed by atoms with Gasteiger partial charge in [0.25, 0.3) is 11.1 Å². The number of aliphatic hydroxyl groups excluding tert-OH is 1. The van der Waals surface area contributed by atoms with Gasteiger partial charge < -0.3 is 14.8 Å². The van der Waals surface area contributed by atoms with E-state index >= 15 is 0 Å². The van der Waals surface area contributed by atoms with Crippen molar-refractivity contribution in [3.8, 4) is 5.19 Å². The summed E-state index contributed by atoms with van der Waals surface area (Å²) in [7, 11) is 0. The molecule has 2 aliphatic rings. The van der Waals surface area contributed by atoms with E-state index in [0.29, 0.717) is 30.6 Å². The smallest absolute Gasteiger partial charge is 0.283 e. The zero-order valence-electron chi connectivity index (χ0n) is 20.6. The number of aliphatic hydroxyl groups is 1. The van der Waals surface area contributed by atoms with Crippen LogP contribution >= 0.6 is 11.3 Å². The third kappa shape index (κ3) is 5.01. The maximum atomic E-state index is 14.5. The van der Waals surface area contributed by atoms with Crippen LogP contribution in [0.5, 0.6) is 5.19 Å². The van der Waals surface area contributed by atoms with E-state index in [1.54, 1.807) is 11.1 Å². The molecule has 4 heterocycles. The van der Waals surface area contributed by atoms with Crippen LogP contribution in [0.4, 0.5) is 13.2 Å². The van der Waals surface area contributed by atoms with Crippen molar-refractivity contribution in [3.63, 3.8) is 0 Å². The SMILES string of the molecule is C[C@@H]1Cc2c([nH]c3ccccc23)[C@@H](c2cnc(O[C@@H]3C[C@H](C)N(CCCF)C3)s2)N1CC(F)(F)CO. The van der Waals surface area contributed by atoms with E-state index < -0.39 is 25.1 Å². The zero-order valence-corrected chi connectivity index (χ0v) is 21.4. The minimum atomic E-state index is -3.22. The van der Waals surface area contributed by atoms with Gasteiger partial charge in [-0.1, -0.05) is 29.5 Å². The van der Waals surface area contributed by atoms with Crippen LogP contribution in [0.2, 0.25) is 0 Å². The van der Waals surface area contributed by atoms with Crippen LogP contribution in [0.25, 0.3) is 10.9 Å². The highest BCUT2D eigenvalue weighted by molar-refractivity contribution is 7.13. The van der Waals surface area contributed by atoms with Gasteiger partial charge in [0.05, 0.1) is 24.1 Å². The summed E-state index contributed by atoms with van der Waals surface area (Å²) in [6.07, 6.45) is 3.67. The first-order valence-electron chi connectivity index (χ1n) is 12.6. The number of para-hydroxylation sites is 1. The molecule has 5 rings (SSSR count). The lowest BCUT2D eigenvalue weighted by atomic mass is 9.91. The second-order valence-electron chi connectivity index (χ2n) is 10.1. The Bertz CT molecular complexity index is 1190. The third-order valence-electron chi connectivity index (χ3n) is 7.45. The standard InChI is InChI=1S/C26H33F3N4O2S/c1-16-10-18(13-32(16)9-5-8-27)35-25-30-12-22(36-25)24-23-20(19-6-3-4-7-21(19)31-23)11-17(2)33(24)14-26(28,29)15-34/h3-4,6-7,12,16-18,24,31,34H,5,8-11,13-15H2,1-2H3/t16-,17+,18+,24+/m0/s1. The number of likely N-dealkylation sites (tertiary alicyclic amines) is 1. The summed E-state index contributed by atoms with van der Waals surface area (Å²) in [4.78, 5) is 12.8. The number of nitrogens with one attached hydrogen (secondary N) is 1. The Morgan fingerprint density at radius 1 is 1.25 bits per heavy atom. The normalized spacial score (nSPS) is 25.5. The number of hydrogen-bond acceptors (Lipinski definition) is 6. The first-order chi connectivity index (χ1) is 17.3. The minimum Gasteiger partial charge on any atom is -0.465 e. The number of aromatic amines is 1. The number of ether oxygens (including phenoxy) is 1. The molecule has 0 amide bonds. The molecular weight excluding hydrogens is 489 g/mol. The number of fused-ring (bicyclic) bond motifs is 3. The average molecular weight is 523 g/mol. The third-order valence-corrected chi connectivity index (χ3v) is 8.39. The average Bonchev–Trinajstić information content (AvgIpc) is 3.55. The van der Waals surface area contributed by atoms with Gasteiger partial charge in [0, 0.05) is 54.4 Å². The van der Waals surface area contributed by atoms with Crippen LogP contribution in [-0.4, -0.2) is 81.9 Å². The molecular formula is C26H33F3N4O2S. The van der Waals surface area contributed by atoms with Crippen molar-refractivity contribution < 1.29 is 23.0 Å². The van der Waals surface area contributed by atoms with E-state index in [-0.39, 0.29) is 18.8 Å². The molecule has 2 aliphatic heterocycles. The van der Waals surface area contributed by atoms with E-state index in [1.165, 1.54) is 11.3 Å². The van der Waals surface area contributed by atoms with Gasteiger partial charge >= 0.3 is 0 Å². The fourth-order valence-electron chi connectivity index (χ4n) is 5.68. The van der Waals surface area contributed by atoms with Crippen LogP contribution in [0, 0.1) is 0 Å². The van der Waals surface area contributed by atoms with Crippen LogP contribution in [0.1, 0.15) is 48.9 Å². The molecule has 0 spiro atoms. The lowest BCUT2D eigenvalue weighted by molar-refractivity contribution is -0.0862. The van der Waals surface area contributed by atoms with Gasteiger partial charge in [0.2, 0.25) is 0 Å². The first-order valence-corrected chi connectivity index (χ1v) is 13.4. The number of nitrogens with zero attached hydrogens (tertiary/aromatic N) is 3. The van der Waals surface area contributed by atoms with Crippen molar-refractivity contribution >= 4 is 22.2 Å². The van der Waals surface area contributed by atoms with Crippen LogP contribution in [-0.2, 0) is 6.42 Å². The second kappa shape index (κ2) is 10.3. The van der Waals surface area contributed by atoms with Crippen molar-refractivity contribution in [2.45, 2.75) is 63.3 Å². The minimum absolute atomic E-state index is 0.0395. The van der Waals surface area contributed by atoms with Gasteiger partial charge in [0.1, 0.15) is 12.7 Å². The molecule has 2 aromatic heterocycles. The fourth-order valence-corrected chi connectivity index (χ4v) is 6.64. The topological polar surface area (TPSA) is 64.6 Å². The van der Waals surface area contributed by atoms with Crippen molar-refractivity contribution in [2.24, 2.45) is 0 Å².